The fraction of sp³-hybridized carbons (Fsp3) is 1.00. The van der Waals surface area contributed by atoms with Crippen LogP contribution in [0, 0.1) is 0 Å². The second-order valence-electron chi connectivity index (χ2n) is 6.26. The minimum atomic E-state index is 0.460. The molecular formula is C15H30N2S. The van der Waals surface area contributed by atoms with Crippen molar-refractivity contribution in [3.63, 3.8) is 0 Å². The van der Waals surface area contributed by atoms with Crippen molar-refractivity contribution in [1.29, 1.82) is 0 Å². The van der Waals surface area contributed by atoms with Crippen LogP contribution in [-0.2, 0) is 0 Å². The highest BCUT2D eigenvalue weighted by molar-refractivity contribution is 7.99. The van der Waals surface area contributed by atoms with Crippen molar-refractivity contribution >= 4 is 11.8 Å². The standard InChI is InChI=1S/C15H30N2S/c1-4-14-10-16-15(8-6-5-7-9-15)12-17(14)11-13(2)18-3/h13-14,16H,4-12H2,1-3H3. The third-order valence-electron chi connectivity index (χ3n) is 4.91. The summed E-state index contributed by atoms with van der Waals surface area (Å²) in [7, 11) is 0. The van der Waals surface area contributed by atoms with E-state index in [1.54, 1.807) is 0 Å². The average Bonchev–Trinajstić information content (AvgIpc) is 2.40. The predicted molar refractivity (Wildman–Crippen MR) is 82.4 cm³/mol. The van der Waals surface area contributed by atoms with E-state index >= 15 is 0 Å². The van der Waals surface area contributed by atoms with E-state index in [9.17, 15) is 0 Å². The largest absolute Gasteiger partial charge is 0.308 e. The fourth-order valence-corrected chi connectivity index (χ4v) is 3.96. The Bertz CT molecular complexity index is 251. The minimum Gasteiger partial charge on any atom is -0.308 e. The zero-order chi connectivity index (χ0) is 13.0. The van der Waals surface area contributed by atoms with Gasteiger partial charge in [0.25, 0.3) is 0 Å². The Hall–Kier alpha value is 0.270. The van der Waals surface area contributed by atoms with Gasteiger partial charge in [-0.3, -0.25) is 4.90 Å². The molecule has 2 fully saturated rings. The van der Waals surface area contributed by atoms with Crippen LogP contribution in [0.2, 0.25) is 0 Å². The number of rotatable bonds is 4. The van der Waals surface area contributed by atoms with Gasteiger partial charge in [0.15, 0.2) is 0 Å². The van der Waals surface area contributed by atoms with Crippen molar-refractivity contribution in [2.45, 2.75) is 69.2 Å². The van der Waals surface area contributed by atoms with Gasteiger partial charge < -0.3 is 5.32 Å². The maximum Gasteiger partial charge on any atom is 0.0309 e. The summed E-state index contributed by atoms with van der Waals surface area (Å²) >= 11 is 2.00. The maximum atomic E-state index is 3.91. The minimum absolute atomic E-state index is 0.460. The van der Waals surface area contributed by atoms with Crippen LogP contribution in [0.5, 0.6) is 0 Å². The Balaban J connectivity index is 1.98. The molecule has 0 amide bonds. The van der Waals surface area contributed by atoms with Crippen LogP contribution in [0.15, 0.2) is 0 Å². The lowest BCUT2D eigenvalue weighted by Gasteiger charge is -2.50. The zero-order valence-corrected chi connectivity index (χ0v) is 13.2. The van der Waals surface area contributed by atoms with Crippen LogP contribution < -0.4 is 5.32 Å². The van der Waals surface area contributed by atoms with E-state index in [1.165, 1.54) is 58.2 Å². The summed E-state index contributed by atoms with van der Waals surface area (Å²) < 4.78 is 0. The molecule has 1 aliphatic heterocycles. The van der Waals surface area contributed by atoms with Crippen LogP contribution in [0.3, 0.4) is 0 Å². The number of nitrogens with one attached hydrogen (secondary N) is 1. The maximum absolute atomic E-state index is 3.91. The van der Waals surface area contributed by atoms with Crippen molar-refractivity contribution in [1.82, 2.24) is 10.2 Å². The Morgan fingerprint density at radius 2 is 2.06 bits per heavy atom. The number of thioether (sulfide) groups is 1. The first-order chi connectivity index (χ1) is 8.69. The second kappa shape index (κ2) is 6.62. The number of nitrogens with zero attached hydrogens (tertiary/aromatic N) is 1. The molecule has 18 heavy (non-hydrogen) atoms. The predicted octanol–water partition coefficient (Wildman–Crippen LogP) is 3.12. The molecule has 2 nitrogen and oxygen atoms in total. The number of piperazine rings is 1. The summed E-state index contributed by atoms with van der Waals surface area (Å²) in [5.74, 6) is 0. The molecule has 0 bridgehead atoms. The van der Waals surface area contributed by atoms with Crippen molar-refractivity contribution < 1.29 is 0 Å². The van der Waals surface area contributed by atoms with Gasteiger partial charge in [-0.05, 0) is 25.5 Å². The quantitative estimate of drug-likeness (QED) is 0.845. The molecule has 1 spiro atoms. The summed E-state index contributed by atoms with van der Waals surface area (Å²) in [5, 5.41) is 4.67. The molecule has 0 aromatic rings. The highest BCUT2D eigenvalue weighted by Gasteiger charge is 2.39. The molecule has 1 aliphatic carbocycles. The Kier molecular flexibility index (Phi) is 5.40. The molecule has 0 aromatic carbocycles. The first-order valence-electron chi connectivity index (χ1n) is 7.71. The van der Waals surface area contributed by atoms with Crippen molar-refractivity contribution in [2.24, 2.45) is 0 Å². The average molecular weight is 270 g/mol. The Morgan fingerprint density at radius 3 is 2.67 bits per heavy atom. The van der Waals surface area contributed by atoms with Gasteiger partial charge in [-0.1, -0.05) is 33.1 Å². The number of hydrogen-bond donors (Lipinski definition) is 1. The van der Waals surface area contributed by atoms with E-state index in [1.807, 2.05) is 11.8 Å². The summed E-state index contributed by atoms with van der Waals surface area (Å²) in [5.41, 5.74) is 0.460. The molecule has 2 rings (SSSR count). The van der Waals surface area contributed by atoms with E-state index in [4.69, 9.17) is 0 Å². The third-order valence-corrected chi connectivity index (χ3v) is 5.86. The summed E-state index contributed by atoms with van der Waals surface area (Å²) in [4.78, 5) is 2.78. The summed E-state index contributed by atoms with van der Waals surface area (Å²) in [6.45, 7) is 8.46. The third kappa shape index (κ3) is 3.43. The molecule has 3 heteroatoms. The normalized spacial score (nSPS) is 30.5. The van der Waals surface area contributed by atoms with E-state index in [-0.39, 0.29) is 0 Å². The Morgan fingerprint density at radius 1 is 1.33 bits per heavy atom. The topological polar surface area (TPSA) is 15.3 Å². The number of hydrogen-bond acceptors (Lipinski definition) is 3. The fourth-order valence-electron chi connectivity index (χ4n) is 3.62. The van der Waals surface area contributed by atoms with Crippen LogP contribution in [0.4, 0.5) is 0 Å². The van der Waals surface area contributed by atoms with E-state index in [0.29, 0.717) is 5.54 Å². The van der Waals surface area contributed by atoms with Gasteiger partial charge in [0.05, 0.1) is 0 Å². The lowest BCUT2D eigenvalue weighted by Crippen LogP contribution is -2.65. The van der Waals surface area contributed by atoms with Gasteiger partial charge in [-0.15, -0.1) is 0 Å². The van der Waals surface area contributed by atoms with E-state index < -0.39 is 0 Å². The molecule has 2 atom stereocenters. The molecule has 106 valence electrons. The summed E-state index contributed by atoms with van der Waals surface area (Å²) in [6.07, 6.45) is 10.6. The molecule has 2 aliphatic rings. The van der Waals surface area contributed by atoms with E-state index in [0.717, 1.165) is 11.3 Å². The van der Waals surface area contributed by atoms with Gasteiger partial charge >= 0.3 is 0 Å². The van der Waals surface area contributed by atoms with Crippen LogP contribution in [0.1, 0.15) is 52.4 Å². The molecule has 1 N–H and O–H groups in total. The van der Waals surface area contributed by atoms with Gasteiger partial charge in [0.2, 0.25) is 0 Å². The van der Waals surface area contributed by atoms with Crippen LogP contribution >= 0.6 is 11.8 Å². The van der Waals surface area contributed by atoms with Gasteiger partial charge in [0.1, 0.15) is 0 Å². The molecule has 2 unspecified atom stereocenters. The molecule has 1 saturated heterocycles. The molecule has 0 aromatic heterocycles. The van der Waals surface area contributed by atoms with Gasteiger partial charge in [0, 0.05) is 36.5 Å². The first-order valence-corrected chi connectivity index (χ1v) is 9.00. The highest BCUT2D eigenvalue weighted by Crippen LogP contribution is 2.32. The SMILES string of the molecule is CCC1CNC2(CCCCC2)CN1CC(C)SC. The lowest BCUT2D eigenvalue weighted by molar-refractivity contribution is 0.0552. The highest BCUT2D eigenvalue weighted by atomic mass is 32.2. The van der Waals surface area contributed by atoms with Crippen molar-refractivity contribution in [3.8, 4) is 0 Å². The second-order valence-corrected chi connectivity index (χ2v) is 7.54. The Labute approximate surface area is 117 Å². The van der Waals surface area contributed by atoms with Crippen molar-refractivity contribution in [2.75, 3.05) is 25.9 Å². The van der Waals surface area contributed by atoms with E-state index in [2.05, 4.69) is 30.3 Å². The van der Waals surface area contributed by atoms with Gasteiger partial charge in [-0.25, -0.2) is 0 Å². The van der Waals surface area contributed by atoms with Gasteiger partial charge in [-0.2, -0.15) is 11.8 Å². The molecule has 1 saturated carbocycles. The lowest BCUT2D eigenvalue weighted by atomic mass is 9.79. The molecule has 1 heterocycles. The zero-order valence-electron chi connectivity index (χ0n) is 12.4. The molecule has 0 radical (unpaired) electrons. The van der Waals surface area contributed by atoms with Crippen LogP contribution in [0.25, 0.3) is 0 Å². The smallest absolute Gasteiger partial charge is 0.0309 e. The molecular weight excluding hydrogens is 240 g/mol. The summed E-state index contributed by atoms with van der Waals surface area (Å²) in [6, 6.07) is 0.757. The monoisotopic (exact) mass is 270 g/mol. The first kappa shape index (κ1) is 14.7. The van der Waals surface area contributed by atoms with Crippen molar-refractivity contribution in [3.05, 3.63) is 0 Å². The van der Waals surface area contributed by atoms with Crippen LogP contribution in [-0.4, -0.2) is 47.6 Å².